The van der Waals surface area contributed by atoms with Crippen molar-refractivity contribution < 1.29 is 13.2 Å². The molecule has 1 N–H and O–H groups in total. The van der Waals surface area contributed by atoms with Crippen molar-refractivity contribution >= 4 is 26.8 Å². The molecule has 2 aromatic carbocycles. The van der Waals surface area contributed by atoms with Gasteiger partial charge in [-0.1, -0.05) is 43.7 Å². The molecule has 0 radical (unpaired) electrons. The van der Waals surface area contributed by atoms with E-state index in [9.17, 15) is 13.2 Å². The van der Waals surface area contributed by atoms with Gasteiger partial charge in [0.2, 0.25) is 10.0 Å². The smallest absolute Gasteiger partial charge is 0.270 e. The molecular formula is C22H25N3O3S. The zero-order valence-electron chi connectivity index (χ0n) is 16.5. The molecule has 0 spiro atoms. The lowest BCUT2D eigenvalue weighted by Gasteiger charge is -2.33. The summed E-state index contributed by atoms with van der Waals surface area (Å²) in [7, 11) is -3.54. The van der Waals surface area contributed by atoms with Crippen LogP contribution in [0.3, 0.4) is 0 Å². The number of aromatic amines is 1. The third kappa shape index (κ3) is 3.93. The summed E-state index contributed by atoms with van der Waals surface area (Å²) in [6.07, 6.45) is 1.97. The number of H-pyrrole nitrogens is 1. The van der Waals surface area contributed by atoms with Crippen molar-refractivity contribution in [1.29, 1.82) is 0 Å². The van der Waals surface area contributed by atoms with E-state index in [1.807, 2.05) is 42.5 Å². The number of aryl methyl sites for hydroxylation is 1. The minimum Gasteiger partial charge on any atom is -0.351 e. The number of carbonyl (C=O) groups excluding carboxylic acids is 1. The van der Waals surface area contributed by atoms with Crippen LogP contribution in [0.5, 0.6) is 0 Å². The van der Waals surface area contributed by atoms with E-state index >= 15 is 0 Å². The van der Waals surface area contributed by atoms with Crippen LogP contribution in [0, 0.1) is 0 Å². The van der Waals surface area contributed by atoms with Crippen LogP contribution in [-0.4, -0.2) is 54.7 Å². The first-order valence-corrected chi connectivity index (χ1v) is 11.4. The number of piperazine rings is 1. The highest BCUT2D eigenvalue weighted by atomic mass is 32.2. The molecule has 0 saturated carbocycles. The first-order valence-electron chi connectivity index (χ1n) is 9.95. The summed E-state index contributed by atoms with van der Waals surface area (Å²) < 4.78 is 27.3. The number of nitrogens with one attached hydrogen (secondary N) is 1. The van der Waals surface area contributed by atoms with Gasteiger partial charge in [-0.05, 0) is 36.2 Å². The summed E-state index contributed by atoms with van der Waals surface area (Å²) in [6, 6.07) is 16.7. The molecule has 1 aliphatic rings. The van der Waals surface area contributed by atoms with Crippen LogP contribution >= 0.6 is 0 Å². The molecule has 1 aliphatic heterocycles. The SMILES string of the molecule is CCCc1ccc(S(=O)(=O)N2CCN(C(=O)c3cc4ccccc4[nH]3)CC2)cc1. The van der Waals surface area contributed by atoms with Crippen LogP contribution in [0.15, 0.2) is 59.5 Å². The van der Waals surface area contributed by atoms with Gasteiger partial charge in [-0.2, -0.15) is 4.31 Å². The van der Waals surface area contributed by atoms with Gasteiger partial charge >= 0.3 is 0 Å². The number of fused-ring (bicyclic) bond motifs is 1. The third-order valence-electron chi connectivity index (χ3n) is 5.39. The molecule has 152 valence electrons. The number of amides is 1. The van der Waals surface area contributed by atoms with Gasteiger partial charge in [0.05, 0.1) is 4.90 Å². The molecule has 0 unspecified atom stereocenters. The summed E-state index contributed by atoms with van der Waals surface area (Å²) in [4.78, 5) is 18.0. The second-order valence-electron chi connectivity index (χ2n) is 7.36. The molecule has 1 fully saturated rings. The molecule has 4 rings (SSSR count). The number of sulfonamides is 1. The molecule has 0 atom stereocenters. The summed E-state index contributed by atoms with van der Waals surface area (Å²) in [5, 5.41) is 0.989. The average Bonchev–Trinajstić information content (AvgIpc) is 3.18. The second kappa shape index (κ2) is 8.00. The van der Waals surface area contributed by atoms with Crippen molar-refractivity contribution in [2.75, 3.05) is 26.2 Å². The normalized spacial score (nSPS) is 15.7. The largest absolute Gasteiger partial charge is 0.351 e. The van der Waals surface area contributed by atoms with Gasteiger partial charge in [-0.15, -0.1) is 0 Å². The summed E-state index contributed by atoms with van der Waals surface area (Å²) in [5.74, 6) is -0.0952. The van der Waals surface area contributed by atoms with Gasteiger partial charge in [0.25, 0.3) is 5.91 Å². The lowest BCUT2D eigenvalue weighted by molar-refractivity contribution is 0.0693. The average molecular weight is 412 g/mol. The van der Waals surface area contributed by atoms with Gasteiger partial charge in [-0.3, -0.25) is 4.79 Å². The number of benzene rings is 2. The Kier molecular flexibility index (Phi) is 5.43. The lowest BCUT2D eigenvalue weighted by Crippen LogP contribution is -2.50. The highest BCUT2D eigenvalue weighted by Crippen LogP contribution is 2.21. The Morgan fingerprint density at radius 2 is 1.69 bits per heavy atom. The van der Waals surface area contributed by atoms with Crippen LogP contribution in [-0.2, 0) is 16.4 Å². The summed E-state index contributed by atoms with van der Waals surface area (Å²) in [6.45, 7) is 3.44. The fourth-order valence-electron chi connectivity index (χ4n) is 3.76. The van der Waals surface area contributed by atoms with Crippen LogP contribution in [0.1, 0.15) is 29.4 Å². The maximum Gasteiger partial charge on any atom is 0.270 e. The van der Waals surface area contributed by atoms with Crippen molar-refractivity contribution in [2.24, 2.45) is 0 Å². The molecule has 3 aromatic rings. The second-order valence-corrected chi connectivity index (χ2v) is 9.30. The van der Waals surface area contributed by atoms with Crippen LogP contribution in [0.2, 0.25) is 0 Å². The van der Waals surface area contributed by atoms with Gasteiger partial charge in [0, 0.05) is 37.1 Å². The number of hydrogen-bond donors (Lipinski definition) is 1. The van der Waals surface area contributed by atoms with E-state index in [0.29, 0.717) is 36.8 Å². The topological polar surface area (TPSA) is 73.5 Å². The maximum absolute atomic E-state index is 12.9. The Morgan fingerprint density at radius 1 is 1.00 bits per heavy atom. The van der Waals surface area contributed by atoms with Gasteiger partial charge in [0.1, 0.15) is 5.69 Å². The van der Waals surface area contributed by atoms with Crippen LogP contribution in [0.4, 0.5) is 0 Å². The number of rotatable bonds is 5. The number of para-hydroxylation sites is 1. The highest BCUT2D eigenvalue weighted by Gasteiger charge is 2.30. The van der Waals surface area contributed by atoms with E-state index in [1.165, 1.54) is 4.31 Å². The van der Waals surface area contributed by atoms with E-state index in [0.717, 1.165) is 29.3 Å². The minimum atomic E-state index is -3.54. The zero-order chi connectivity index (χ0) is 20.4. The fourth-order valence-corrected chi connectivity index (χ4v) is 5.18. The monoisotopic (exact) mass is 411 g/mol. The first kappa shape index (κ1) is 19.7. The van der Waals surface area contributed by atoms with E-state index in [4.69, 9.17) is 0 Å². The Morgan fingerprint density at radius 3 is 2.34 bits per heavy atom. The Balaban J connectivity index is 1.43. The fraction of sp³-hybridized carbons (Fsp3) is 0.318. The zero-order valence-corrected chi connectivity index (χ0v) is 17.3. The Hall–Kier alpha value is -2.64. The van der Waals surface area contributed by atoms with Crippen molar-refractivity contribution in [2.45, 2.75) is 24.7 Å². The first-order chi connectivity index (χ1) is 14.0. The molecule has 0 aliphatic carbocycles. The molecule has 6 nitrogen and oxygen atoms in total. The van der Waals surface area contributed by atoms with Gasteiger partial charge in [-0.25, -0.2) is 8.42 Å². The molecule has 0 bridgehead atoms. The van der Waals surface area contributed by atoms with Crippen LogP contribution < -0.4 is 0 Å². The number of aromatic nitrogens is 1. The van der Waals surface area contributed by atoms with E-state index in [2.05, 4.69) is 11.9 Å². The molecular weight excluding hydrogens is 386 g/mol. The van der Waals surface area contributed by atoms with Crippen molar-refractivity contribution in [1.82, 2.24) is 14.2 Å². The predicted molar refractivity (Wildman–Crippen MR) is 113 cm³/mol. The van der Waals surface area contributed by atoms with Gasteiger partial charge < -0.3 is 9.88 Å². The van der Waals surface area contributed by atoms with Crippen molar-refractivity contribution in [3.8, 4) is 0 Å². The number of carbonyl (C=O) groups is 1. The number of nitrogens with zero attached hydrogens (tertiary/aromatic N) is 2. The molecule has 7 heteroatoms. The van der Waals surface area contributed by atoms with Gasteiger partial charge in [0.15, 0.2) is 0 Å². The van der Waals surface area contributed by atoms with Crippen molar-refractivity contribution in [3.63, 3.8) is 0 Å². The minimum absolute atomic E-state index is 0.0952. The van der Waals surface area contributed by atoms with E-state index < -0.39 is 10.0 Å². The van der Waals surface area contributed by atoms with E-state index in [-0.39, 0.29) is 5.91 Å². The van der Waals surface area contributed by atoms with E-state index in [1.54, 1.807) is 17.0 Å². The van der Waals surface area contributed by atoms with Crippen molar-refractivity contribution in [3.05, 3.63) is 65.9 Å². The molecule has 1 saturated heterocycles. The Bertz CT molecular complexity index is 1080. The third-order valence-corrected chi connectivity index (χ3v) is 7.30. The summed E-state index contributed by atoms with van der Waals surface area (Å²) >= 11 is 0. The summed E-state index contributed by atoms with van der Waals surface area (Å²) in [5.41, 5.74) is 2.60. The van der Waals surface area contributed by atoms with Crippen LogP contribution in [0.25, 0.3) is 10.9 Å². The maximum atomic E-state index is 12.9. The highest BCUT2D eigenvalue weighted by molar-refractivity contribution is 7.89. The predicted octanol–water partition coefficient (Wildman–Crippen LogP) is 3.27. The quantitative estimate of drug-likeness (QED) is 0.700. The lowest BCUT2D eigenvalue weighted by atomic mass is 10.1. The number of hydrogen-bond acceptors (Lipinski definition) is 3. The molecule has 29 heavy (non-hydrogen) atoms. The Labute approximate surface area is 171 Å². The molecule has 1 aromatic heterocycles. The standard InChI is InChI=1S/C22H25N3O3S/c1-2-5-17-8-10-19(11-9-17)29(27,28)25-14-12-24(13-15-25)22(26)21-16-18-6-3-4-7-20(18)23-21/h3-4,6-11,16,23H,2,5,12-15H2,1H3. The molecule has 2 heterocycles. The molecule has 1 amide bonds.